The van der Waals surface area contributed by atoms with Gasteiger partial charge < -0.3 is 19.9 Å². The van der Waals surface area contributed by atoms with Crippen molar-refractivity contribution in [3.63, 3.8) is 0 Å². The summed E-state index contributed by atoms with van der Waals surface area (Å²) >= 11 is 0. The molecule has 1 aromatic heterocycles. The fraction of sp³-hybridized carbons (Fsp3) is 0.435. The van der Waals surface area contributed by atoms with E-state index in [4.69, 9.17) is 4.74 Å². The fourth-order valence-corrected chi connectivity index (χ4v) is 3.56. The molecule has 3 rings (SSSR count). The van der Waals surface area contributed by atoms with Crippen molar-refractivity contribution in [3.8, 4) is 0 Å². The molecule has 166 valence electrons. The van der Waals surface area contributed by atoms with Crippen LogP contribution in [0, 0.1) is 5.82 Å². The molecule has 0 aliphatic carbocycles. The number of aromatic nitrogens is 1. The molecule has 0 atom stereocenters. The molecular weight excluding hydrogens is 399 g/mol. The maximum atomic E-state index is 14.1. The zero-order chi connectivity index (χ0) is 22.4. The maximum Gasteiger partial charge on any atom is 0.339 e. The largest absolute Gasteiger partial charge is 0.462 e. The molecule has 1 N–H and O–H groups in total. The van der Waals surface area contributed by atoms with E-state index in [0.717, 1.165) is 5.82 Å². The van der Waals surface area contributed by atoms with E-state index in [1.807, 2.05) is 13.8 Å². The predicted molar refractivity (Wildman–Crippen MR) is 117 cm³/mol. The Kier molecular flexibility index (Phi) is 7.09. The Balaban J connectivity index is 1.51. The van der Waals surface area contributed by atoms with E-state index in [1.54, 1.807) is 42.2 Å². The first kappa shape index (κ1) is 22.5. The van der Waals surface area contributed by atoms with Gasteiger partial charge in [-0.15, -0.1) is 0 Å². The Hall–Kier alpha value is -3.16. The molecule has 1 saturated heterocycles. The van der Waals surface area contributed by atoms with Crippen molar-refractivity contribution in [1.82, 2.24) is 15.2 Å². The molecule has 8 heteroatoms. The van der Waals surface area contributed by atoms with E-state index in [0.29, 0.717) is 50.5 Å². The van der Waals surface area contributed by atoms with Crippen LogP contribution < -0.4 is 10.2 Å². The van der Waals surface area contributed by atoms with Crippen LogP contribution in [0.1, 0.15) is 36.7 Å². The van der Waals surface area contributed by atoms with Gasteiger partial charge in [0.2, 0.25) is 0 Å². The average molecular weight is 429 g/mol. The quantitative estimate of drug-likeness (QED) is 0.716. The number of nitrogens with zero attached hydrogens (tertiary/aromatic N) is 3. The number of amides is 2. The van der Waals surface area contributed by atoms with E-state index >= 15 is 0 Å². The number of halogens is 1. The number of benzene rings is 1. The van der Waals surface area contributed by atoms with Gasteiger partial charge in [0.05, 0.1) is 12.2 Å². The number of pyridine rings is 1. The molecule has 0 spiro atoms. The summed E-state index contributed by atoms with van der Waals surface area (Å²) in [6.45, 7) is 8.61. The van der Waals surface area contributed by atoms with Crippen molar-refractivity contribution in [2.75, 3.05) is 44.2 Å². The molecule has 31 heavy (non-hydrogen) atoms. The first-order valence-corrected chi connectivity index (χ1v) is 10.5. The first-order chi connectivity index (χ1) is 14.8. The van der Waals surface area contributed by atoms with Gasteiger partial charge in [-0.3, -0.25) is 0 Å². The predicted octanol–water partition coefficient (Wildman–Crippen LogP) is 3.21. The van der Waals surface area contributed by atoms with Gasteiger partial charge in [0, 0.05) is 44.3 Å². The highest BCUT2D eigenvalue weighted by atomic mass is 19.1. The lowest BCUT2D eigenvalue weighted by atomic mass is 9.84. The Morgan fingerprint density at radius 1 is 1.13 bits per heavy atom. The molecule has 1 aliphatic heterocycles. The van der Waals surface area contributed by atoms with Gasteiger partial charge in [-0.05, 0) is 30.7 Å². The lowest BCUT2D eigenvalue weighted by Crippen LogP contribution is -2.53. The van der Waals surface area contributed by atoms with Crippen LogP contribution in [0.5, 0.6) is 0 Å². The minimum Gasteiger partial charge on any atom is -0.462 e. The Morgan fingerprint density at radius 2 is 1.84 bits per heavy atom. The van der Waals surface area contributed by atoms with Gasteiger partial charge in [-0.25, -0.2) is 19.0 Å². The number of hydrogen-bond acceptors (Lipinski definition) is 5. The van der Waals surface area contributed by atoms with Crippen molar-refractivity contribution < 1.29 is 18.7 Å². The third-order valence-corrected chi connectivity index (χ3v) is 5.43. The normalized spacial score (nSPS) is 14.3. The molecule has 1 aromatic carbocycles. The molecule has 0 radical (unpaired) electrons. The molecule has 0 unspecified atom stereocenters. The number of carbonyl (C=O) groups is 2. The zero-order valence-corrected chi connectivity index (χ0v) is 18.2. The molecule has 0 bridgehead atoms. The second kappa shape index (κ2) is 9.76. The summed E-state index contributed by atoms with van der Waals surface area (Å²) in [5, 5.41) is 2.94. The van der Waals surface area contributed by atoms with Gasteiger partial charge in [-0.2, -0.15) is 0 Å². The third kappa shape index (κ3) is 5.51. The minimum atomic E-state index is -0.520. The van der Waals surface area contributed by atoms with E-state index < -0.39 is 5.41 Å². The van der Waals surface area contributed by atoms with Crippen molar-refractivity contribution in [2.24, 2.45) is 0 Å². The van der Waals surface area contributed by atoms with E-state index in [2.05, 4.69) is 15.2 Å². The summed E-state index contributed by atoms with van der Waals surface area (Å²) in [4.78, 5) is 32.5. The van der Waals surface area contributed by atoms with Crippen LogP contribution in [0.3, 0.4) is 0 Å². The highest BCUT2D eigenvalue weighted by molar-refractivity contribution is 5.89. The maximum absolute atomic E-state index is 14.1. The SMILES string of the molecule is CCOC(=O)c1ccc(N2CCN(C(=O)NCC(C)(C)c3ccccc3F)CC2)nc1. The molecule has 2 amide bonds. The Morgan fingerprint density at radius 3 is 2.45 bits per heavy atom. The minimum absolute atomic E-state index is 0.158. The molecule has 0 saturated carbocycles. The number of urea groups is 1. The van der Waals surface area contributed by atoms with Crippen LogP contribution in [0.25, 0.3) is 0 Å². The lowest BCUT2D eigenvalue weighted by Gasteiger charge is -2.36. The standard InChI is InChI=1S/C23H29FN4O3/c1-4-31-21(29)17-9-10-20(25-15-17)27-11-13-28(14-12-27)22(30)26-16-23(2,3)18-7-5-6-8-19(18)24/h5-10,15H,4,11-14,16H2,1-3H3,(H,26,30). The summed E-state index contributed by atoms with van der Waals surface area (Å²) in [7, 11) is 0. The highest BCUT2D eigenvalue weighted by Crippen LogP contribution is 2.25. The Bertz CT molecular complexity index is 909. The number of ether oxygens (including phenoxy) is 1. The van der Waals surface area contributed by atoms with Crippen LogP contribution in [-0.4, -0.2) is 61.2 Å². The summed E-state index contributed by atoms with van der Waals surface area (Å²) < 4.78 is 19.1. The zero-order valence-electron chi connectivity index (χ0n) is 18.2. The van der Waals surface area contributed by atoms with Gasteiger partial charge in [-0.1, -0.05) is 32.0 Å². The third-order valence-electron chi connectivity index (χ3n) is 5.43. The molecule has 1 fully saturated rings. The molecular formula is C23H29FN4O3. The monoisotopic (exact) mass is 428 g/mol. The molecule has 2 aromatic rings. The van der Waals surface area contributed by atoms with Crippen molar-refractivity contribution in [1.29, 1.82) is 0 Å². The number of rotatable bonds is 6. The fourth-order valence-electron chi connectivity index (χ4n) is 3.56. The second-order valence-electron chi connectivity index (χ2n) is 8.12. The average Bonchev–Trinajstić information content (AvgIpc) is 2.78. The van der Waals surface area contributed by atoms with E-state index in [9.17, 15) is 14.0 Å². The summed E-state index contributed by atoms with van der Waals surface area (Å²) in [5.74, 6) is 0.104. The summed E-state index contributed by atoms with van der Waals surface area (Å²) in [6, 6.07) is 9.98. The van der Waals surface area contributed by atoms with Crippen molar-refractivity contribution >= 4 is 17.8 Å². The molecule has 2 heterocycles. The summed E-state index contributed by atoms with van der Waals surface area (Å²) in [6.07, 6.45) is 1.51. The number of carbonyl (C=O) groups excluding carboxylic acids is 2. The highest BCUT2D eigenvalue weighted by Gasteiger charge is 2.27. The van der Waals surface area contributed by atoms with Gasteiger partial charge >= 0.3 is 12.0 Å². The smallest absolute Gasteiger partial charge is 0.339 e. The van der Waals surface area contributed by atoms with Crippen LogP contribution >= 0.6 is 0 Å². The number of esters is 1. The van der Waals surface area contributed by atoms with Crippen molar-refractivity contribution in [2.45, 2.75) is 26.2 Å². The van der Waals surface area contributed by atoms with Crippen LogP contribution in [0.4, 0.5) is 15.0 Å². The summed E-state index contributed by atoms with van der Waals surface area (Å²) in [5.41, 5.74) is 0.478. The van der Waals surface area contributed by atoms with Crippen molar-refractivity contribution in [3.05, 3.63) is 59.5 Å². The first-order valence-electron chi connectivity index (χ1n) is 10.5. The van der Waals surface area contributed by atoms with Crippen LogP contribution in [-0.2, 0) is 10.2 Å². The second-order valence-corrected chi connectivity index (χ2v) is 8.12. The van der Waals surface area contributed by atoms with Gasteiger partial charge in [0.25, 0.3) is 0 Å². The molecule has 7 nitrogen and oxygen atoms in total. The van der Waals surface area contributed by atoms with Crippen LogP contribution in [0.2, 0.25) is 0 Å². The lowest BCUT2D eigenvalue weighted by molar-refractivity contribution is 0.0526. The molecule has 1 aliphatic rings. The van der Waals surface area contributed by atoms with Gasteiger partial charge in [0.15, 0.2) is 0 Å². The number of hydrogen-bond donors (Lipinski definition) is 1. The van der Waals surface area contributed by atoms with E-state index in [-0.39, 0.29) is 17.8 Å². The number of nitrogens with one attached hydrogen (secondary N) is 1. The van der Waals surface area contributed by atoms with E-state index in [1.165, 1.54) is 12.3 Å². The Labute approximate surface area is 182 Å². The number of piperazine rings is 1. The number of anilines is 1. The topological polar surface area (TPSA) is 74.8 Å². The van der Waals surface area contributed by atoms with Gasteiger partial charge in [0.1, 0.15) is 11.6 Å². The van der Waals surface area contributed by atoms with Crippen LogP contribution in [0.15, 0.2) is 42.6 Å².